The van der Waals surface area contributed by atoms with Crippen molar-refractivity contribution in [1.82, 2.24) is 9.97 Å². The molecule has 6 rings (SSSR count). The monoisotopic (exact) mass is 454 g/mol. The number of nitriles is 1. The molecular weight excluding hydrogens is 426 g/mol. The quantitative estimate of drug-likeness (QED) is 0.550. The second-order valence-corrected chi connectivity index (χ2v) is 9.81. The molecule has 4 aliphatic rings. The summed E-state index contributed by atoms with van der Waals surface area (Å²) >= 11 is 0. The zero-order valence-corrected chi connectivity index (χ0v) is 18.3. The van der Waals surface area contributed by atoms with Crippen LogP contribution in [0.15, 0.2) is 30.5 Å². The van der Waals surface area contributed by atoms with Crippen LogP contribution >= 0.6 is 0 Å². The van der Waals surface area contributed by atoms with E-state index in [4.69, 9.17) is 5.73 Å². The van der Waals surface area contributed by atoms with E-state index in [1.807, 2.05) is 0 Å². The zero-order valence-electron chi connectivity index (χ0n) is 18.3. The Labute approximate surface area is 191 Å². The molecule has 33 heavy (non-hydrogen) atoms. The predicted molar refractivity (Wildman–Crippen MR) is 120 cm³/mol. The highest BCUT2D eigenvalue weighted by Gasteiger charge is 2.54. The first-order valence-corrected chi connectivity index (χ1v) is 11.5. The van der Waals surface area contributed by atoms with Crippen molar-refractivity contribution in [2.45, 2.75) is 51.3 Å². The molecule has 9 heteroatoms. The number of anilines is 2. The molecule has 1 aromatic heterocycles. The minimum Gasteiger partial charge on any atom is -0.434 e. The second kappa shape index (κ2) is 8.75. The fourth-order valence-electron chi connectivity index (χ4n) is 6.44. The van der Waals surface area contributed by atoms with E-state index in [0.717, 1.165) is 25.3 Å². The number of nitrogens with one attached hydrogen (secondary N) is 2. The summed E-state index contributed by atoms with van der Waals surface area (Å²) in [6.07, 6.45) is 7.45. The van der Waals surface area contributed by atoms with Crippen LogP contribution in [0.5, 0.6) is 5.75 Å². The maximum absolute atomic E-state index is 12.7. The van der Waals surface area contributed by atoms with Gasteiger partial charge < -0.3 is 21.1 Å². The summed E-state index contributed by atoms with van der Waals surface area (Å²) in [5, 5.41) is 16.0. The average molecular weight is 455 g/mol. The van der Waals surface area contributed by atoms with E-state index in [2.05, 4.69) is 31.4 Å². The third kappa shape index (κ3) is 4.44. The largest absolute Gasteiger partial charge is 0.434 e. The van der Waals surface area contributed by atoms with Gasteiger partial charge in [-0.2, -0.15) is 19.0 Å². The number of ether oxygens (including phenoxy) is 1. The molecule has 0 saturated heterocycles. The lowest BCUT2D eigenvalue weighted by Crippen LogP contribution is -2.58. The topological polar surface area (TPSA) is 109 Å². The number of hydrogen-bond acceptors (Lipinski definition) is 7. The summed E-state index contributed by atoms with van der Waals surface area (Å²) in [5.74, 6) is 2.88. The first-order valence-electron chi connectivity index (χ1n) is 11.5. The van der Waals surface area contributed by atoms with Crippen LogP contribution in [0.1, 0.15) is 43.2 Å². The van der Waals surface area contributed by atoms with Crippen molar-refractivity contribution in [3.05, 3.63) is 41.6 Å². The summed E-state index contributed by atoms with van der Waals surface area (Å²) < 4.78 is 29.9. The molecule has 4 fully saturated rings. The SMILES string of the molecule is N#Cc1cnc(NCc2ccccc2OC(F)F)nc1NC[C@]12CC3C[C@H](C1)[C@@H](N)[C@@H](C3)C2. The highest BCUT2D eigenvalue weighted by atomic mass is 19.3. The second-order valence-electron chi connectivity index (χ2n) is 9.81. The maximum Gasteiger partial charge on any atom is 0.387 e. The smallest absolute Gasteiger partial charge is 0.387 e. The number of benzene rings is 1. The van der Waals surface area contributed by atoms with Gasteiger partial charge in [0.15, 0.2) is 0 Å². The van der Waals surface area contributed by atoms with Crippen molar-refractivity contribution >= 4 is 11.8 Å². The van der Waals surface area contributed by atoms with Gasteiger partial charge in [0.25, 0.3) is 0 Å². The molecule has 4 aliphatic carbocycles. The number of alkyl halides is 2. The number of para-hydroxylation sites is 1. The van der Waals surface area contributed by atoms with Gasteiger partial charge in [0.2, 0.25) is 5.95 Å². The Hall–Kier alpha value is -2.99. The number of rotatable bonds is 8. The first kappa shape index (κ1) is 21.8. The summed E-state index contributed by atoms with van der Waals surface area (Å²) in [6.45, 7) is -1.92. The maximum atomic E-state index is 12.7. The lowest BCUT2D eigenvalue weighted by atomic mass is 9.48. The van der Waals surface area contributed by atoms with Crippen molar-refractivity contribution in [2.24, 2.45) is 28.9 Å². The van der Waals surface area contributed by atoms with E-state index in [-0.39, 0.29) is 17.7 Å². The normalized spacial score (nSPS) is 29.7. The Morgan fingerprint density at radius 1 is 1.18 bits per heavy atom. The summed E-state index contributed by atoms with van der Waals surface area (Å²) in [4.78, 5) is 8.72. The highest BCUT2D eigenvalue weighted by molar-refractivity contribution is 5.53. The van der Waals surface area contributed by atoms with Crippen molar-refractivity contribution in [3.8, 4) is 11.8 Å². The van der Waals surface area contributed by atoms with E-state index in [0.29, 0.717) is 40.8 Å². The molecule has 1 heterocycles. The van der Waals surface area contributed by atoms with Gasteiger partial charge in [-0.05, 0) is 61.3 Å². The van der Waals surface area contributed by atoms with Crippen molar-refractivity contribution in [2.75, 3.05) is 17.2 Å². The minimum absolute atomic E-state index is 0.104. The molecular formula is C24H28F2N6O. The molecule has 0 radical (unpaired) electrons. The molecule has 7 nitrogen and oxygen atoms in total. The van der Waals surface area contributed by atoms with Gasteiger partial charge in [-0.15, -0.1) is 0 Å². The van der Waals surface area contributed by atoms with E-state index >= 15 is 0 Å². The molecule has 4 saturated carbocycles. The molecule has 0 aliphatic heterocycles. The number of hydrogen-bond donors (Lipinski definition) is 3. The van der Waals surface area contributed by atoms with Gasteiger partial charge in [-0.1, -0.05) is 18.2 Å². The van der Waals surface area contributed by atoms with Crippen LogP contribution in [0.4, 0.5) is 20.5 Å². The van der Waals surface area contributed by atoms with Crippen molar-refractivity contribution < 1.29 is 13.5 Å². The van der Waals surface area contributed by atoms with Gasteiger partial charge in [0, 0.05) is 24.7 Å². The number of nitrogens with two attached hydrogens (primary N) is 1. The Morgan fingerprint density at radius 3 is 2.67 bits per heavy atom. The Bertz CT molecular complexity index is 1040. The van der Waals surface area contributed by atoms with E-state index in [9.17, 15) is 14.0 Å². The fraction of sp³-hybridized carbons (Fsp3) is 0.542. The molecule has 1 unspecified atom stereocenters. The lowest BCUT2D eigenvalue weighted by Gasteiger charge is -2.59. The molecule has 4 bridgehead atoms. The summed E-state index contributed by atoms with van der Waals surface area (Å²) in [7, 11) is 0. The zero-order chi connectivity index (χ0) is 23.0. The van der Waals surface area contributed by atoms with Gasteiger partial charge in [0.05, 0.1) is 6.20 Å². The third-order valence-corrected chi connectivity index (χ3v) is 7.64. The molecule has 2 aromatic rings. The third-order valence-electron chi connectivity index (χ3n) is 7.64. The van der Waals surface area contributed by atoms with Gasteiger partial charge >= 0.3 is 6.61 Å². The van der Waals surface area contributed by atoms with Crippen LogP contribution in [0.3, 0.4) is 0 Å². The standard InChI is InChI=1S/C24H28F2N6O/c25-22(26)33-19-4-2-1-3-15(19)11-29-23-30-12-18(10-27)21(32-23)31-13-24-7-14-5-16(8-24)20(28)17(6-14)9-24/h1-4,12,14,16-17,20,22H,5-9,11,13,28H2,(H2,29,30,31,32)/t14?,16-,17+,20-,24-. The molecule has 1 aromatic carbocycles. The van der Waals surface area contributed by atoms with Crippen LogP contribution in [-0.2, 0) is 6.54 Å². The average Bonchev–Trinajstić information content (AvgIpc) is 2.80. The van der Waals surface area contributed by atoms with E-state index in [1.165, 1.54) is 31.5 Å². The van der Waals surface area contributed by atoms with Crippen LogP contribution < -0.4 is 21.1 Å². The van der Waals surface area contributed by atoms with Gasteiger partial charge in [-0.3, -0.25) is 0 Å². The van der Waals surface area contributed by atoms with Crippen LogP contribution in [0.2, 0.25) is 0 Å². The van der Waals surface area contributed by atoms with Crippen molar-refractivity contribution in [3.63, 3.8) is 0 Å². The summed E-state index contributed by atoms with van der Waals surface area (Å²) in [5.41, 5.74) is 7.62. The molecule has 0 amide bonds. The number of nitrogens with zero attached hydrogens (tertiary/aromatic N) is 3. The van der Waals surface area contributed by atoms with E-state index < -0.39 is 6.61 Å². The minimum atomic E-state index is -2.90. The Morgan fingerprint density at radius 2 is 1.94 bits per heavy atom. The van der Waals surface area contributed by atoms with Gasteiger partial charge in [-0.25, -0.2) is 4.98 Å². The molecule has 5 atom stereocenters. The summed E-state index contributed by atoms with van der Waals surface area (Å²) in [6, 6.07) is 9.06. The fourth-order valence-corrected chi connectivity index (χ4v) is 6.44. The highest BCUT2D eigenvalue weighted by Crippen LogP contribution is 2.59. The molecule has 0 spiro atoms. The molecule has 4 N–H and O–H groups in total. The first-order chi connectivity index (χ1) is 15.9. The molecule has 174 valence electrons. The van der Waals surface area contributed by atoms with E-state index in [1.54, 1.807) is 18.2 Å². The van der Waals surface area contributed by atoms with Crippen LogP contribution in [0.25, 0.3) is 0 Å². The number of aromatic nitrogens is 2. The Kier molecular flexibility index (Phi) is 5.79. The van der Waals surface area contributed by atoms with Gasteiger partial charge in [0.1, 0.15) is 23.2 Å². The number of halogens is 2. The van der Waals surface area contributed by atoms with Crippen LogP contribution in [0, 0.1) is 34.5 Å². The lowest BCUT2D eigenvalue weighted by molar-refractivity contribution is -0.0591. The Balaban J connectivity index is 1.27. The predicted octanol–water partition coefficient (Wildman–Crippen LogP) is 4.13. The van der Waals surface area contributed by atoms with Crippen LogP contribution in [-0.4, -0.2) is 29.2 Å². The van der Waals surface area contributed by atoms with Crippen molar-refractivity contribution in [1.29, 1.82) is 5.26 Å².